The summed E-state index contributed by atoms with van der Waals surface area (Å²) in [5, 5.41) is 12.2. The van der Waals surface area contributed by atoms with Gasteiger partial charge in [-0.15, -0.1) is 0 Å². The van der Waals surface area contributed by atoms with E-state index in [1.54, 1.807) is 0 Å². The quantitative estimate of drug-likeness (QED) is 0.869. The number of ether oxygens (including phenoxy) is 1. The molecule has 0 saturated heterocycles. The number of rotatable bonds is 5. The van der Waals surface area contributed by atoms with E-state index in [0.717, 1.165) is 0 Å². The molecule has 7 heteroatoms. The Morgan fingerprint density at radius 3 is 2.76 bits per heavy atom. The van der Waals surface area contributed by atoms with Crippen LogP contribution in [-0.4, -0.2) is 41.2 Å². The van der Waals surface area contributed by atoms with Crippen molar-refractivity contribution in [2.24, 2.45) is 0 Å². The molecule has 5 nitrogen and oxygen atoms in total. The van der Waals surface area contributed by atoms with Crippen LogP contribution in [0.2, 0.25) is 0 Å². The number of hydrogen-bond donors (Lipinski definition) is 2. The first kappa shape index (κ1) is 15.6. The normalized spacial score (nSPS) is 22.1. The molecule has 0 aliphatic heterocycles. The highest BCUT2D eigenvalue weighted by atomic mass is 19.3. The molecule has 2 N–H and O–H groups in total. The van der Waals surface area contributed by atoms with Crippen molar-refractivity contribution < 1.29 is 23.4 Å². The van der Waals surface area contributed by atoms with Crippen LogP contribution in [0.5, 0.6) is 5.88 Å². The molecule has 1 aliphatic rings. The number of amides is 1. The minimum Gasteiger partial charge on any atom is -0.472 e. The van der Waals surface area contributed by atoms with Crippen molar-refractivity contribution >= 4 is 5.91 Å². The second-order valence-electron chi connectivity index (χ2n) is 5.04. The van der Waals surface area contributed by atoms with Gasteiger partial charge >= 0.3 is 0 Å². The Kier molecular flexibility index (Phi) is 5.44. The molecule has 1 aliphatic carbocycles. The van der Waals surface area contributed by atoms with Gasteiger partial charge in [0, 0.05) is 12.1 Å². The van der Waals surface area contributed by atoms with Crippen LogP contribution in [0.15, 0.2) is 18.2 Å². The van der Waals surface area contributed by atoms with Crippen molar-refractivity contribution in [3.05, 3.63) is 23.9 Å². The second-order valence-corrected chi connectivity index (χ2v) is 5.04. The summed E-state index contributed by atoms with van der Waals surface area (Å²) in [6.45, 7) is -0.751. The van der Waals surface area contributed by atoms with E-state index in [2.05, 4.69) is 10.3 Å². The van der Waals surface area contributed by atoms with Crippen LogP contribution in [0.25, 0.3) is 0 Å². The van der Waals surface area contributed by atoms with E-state index < -0.39 is 13.0 Å². The number of pyridine rings is 1. The fourth-order valence-electron chi connectivity index (χ4n) is 2.25. The average Bonchev–Trinajstić information content (AvgIpc) is 2.48. The van der Waals surface area contributed by atoms with Gasteiger partial charge in [0.2, 0.25) is 5.88 Å². The Bertz CT molecular complexity index is 477. The predicted molar refractivity (Wildman–Crippen MR) is 71.5 cm³/mol. The van der Waals surface area contributed by atoms with Crippen LogP contribution in [0.4, 0.5) is 8.78 Å². The number of carbonyl (C=O) groups is 1. The monoisotopic (exact) mass is 300 g/mol. The summed E-state index contributed by atoms with van der Waals surface area (Å²) in [5.41, 5.74) is 0.132. The number of hydrogen-bond acceptors (Lipinski definition) is 4. The molecule has 1 fully saturated rings. The van der Waals surface area contributed by atoms with Crippen molar-refractivity contribution in [2.45, 2.75) is 44.3 Å². The molecule has 0 radical (unpaired) electrons. The van der Waals surface area contributed by atoms with E-state index in [4.69, 9.17) is 4.74 Å². The van der Waals surface area contributed by atoms with Crippen molar-refractivity contribution in [3.8, 4) is 5.88 Å². The summed E-state index contributed by atoms with van der Waals surface area (Å²) in [6, 6.07) is 4.47. The zero-order valence-corrected chi connectivity index (χ0v) is 11.5. The fourth-order valence-corrected chi connectivity index (χ4v) is 2.25. The Morgan fingerprint density at radius 2 is 2.10 bits per heavy atom. The van der Waals surface area contributed by atoms with Crippen molar-refractivity contribution in [3.63, 3.8) is 0 Å². The Labute approximate surface area is 121 Å². The van der Waals surface area contributed by atoms with E-state index in [1.807, 2.05) is 0 Å². The highest BCUT2D eigenvalue weighted by Gasteiger charge is 2.21. The first-order chi connectivity index (χ1) is 10.0. The van der Waals surface area contributed by atoms with Crippen LogP contribution in [0.1, 0.15) is 36.2 Å². The highest BCUT2D eigenvalue weighted by Crippen LogP contribution is 2.18. The summed E-state index contributed by atoms with van der Waals surface area (Å²) >= 11 is 0. The minimum atomic E-state index is -2.59. The Hall–Kier alpha value is -1.76. The smallest absolute Gasteiger partial charge is 0.272 e. The van der Waals surface area contributed by atoms with Gasteiger partial charge in [-0.2, -0.15) is 0 Å². The lowest BCUT2D eigenvalue weighted by atomic mass is 9.93. The first-order valence-electron chi connectivity index (χ1n) is 6.91. The third-order valence-electron chi connectivity index (χ3n) is 3.35. The number of aromatic nitrogens is 1. The Balaban J connectivity index is 1.91. The number of aliphatic hydroxyl groups is 1. The summed E-state index contributed by atoms with van der Waals surface area (Å²) < 4.78 is 28.9. The Morgan fingerprint density at radius 1 is 1.38 bits per heavy atom. The molecule has 116 valence electrons. The van der Waals surface area contributed by atoms with Gasteiger partial charge in [-0.25, -0.2) is 13.8 Å². The molecule has 2 rings (SSSR count). The van der Waals surface area contributed by atoms with Crippen molar-refractivity contribution in [2.75, 3.05) is 6.61 Å². The largest absolute Gasteiger partial charge is 0.472 e. The summed E-state index contributed by atoms with van der Waals surface area (Å²) in [7, 11) is 0. The van der Waals surface area contributed by atoms with Gasteiger partial charge in [0.15, 0.2) is 6.61 Å². The molecule has 1 heterocycles. The summed E-state index contributed by atoms with van der Waals surface area (Å²) in [6.07, 6.45) is -0.116. The summed E-state index contributed by atoms with van der Waals surface area (Å²) in [5.74, 6) is -0.360. The maximum absolute atomic E-state index is 12.1. The molecule has 1 aromatic rings. The number of alkyl halides is 2. The fraction of sp³-hybridized carbons (Fsp3) is 0.571. The molecule has 1 aromatic heterocycles. The van der Waals surface area contributed by atoms with Gasteiger partial charge in [-0.05, 0) is 31.7 Å². The molecule has 1 amide bonds. The number of carbonyl (C=O) groups excluding carboxylic acids is 1. The molecule has 0 aromatic carbocycles. The van der Waals surface area contributed by atoms with Crippen molar-refractivity contribution in [1.29, 1.82) is 0 Å². The predicted octanol–water partition coefficient (Wildman–Crippen LogP) is 1.76. The number of nitrogens with one attached hydrogen (secondary N) is 1. The van der Waals surface area contributed by atoms with Gasteiger partial charge in [-0.1, -0.05) is 6.07 Å². The van der Waals surface area contributed by atoms with Gasteiger partial charge < -0.3 is 15.2 Å². The van der Waals surface area contributed by atoms with Crippen LogP contribution in [0, 0.1) is 0 Å². The van der Waals surface area contributed by atoms with Gasteiger partial charge in [-0.3, -0.25) is 4.79 Å². The third kappa shape index (κ3) is 4.93. The molecular formula is C14H18F2N2O3. The van der Waals surface area contributed by atoms with Crippen molar-refractivity contribution in [1.82, 2.24) is 10.3 Å². The van der Waals surface area contributed by atoms with E-state index in [1.165, 1.54) is 18.2 Å². The van der Waals surface area contributed by atoms with Crippen LogP contribution >= 0.6 is 0 Å². The lowest BCUT2D eigenvalue weighted by Crippen LogP contribution is -2.38. The zero-order chi connectivity index (χ0) is 15.2. The van der Waals surface area contributed by atoms with Gasteiger partial charge in [0.1, 0.15) is 5.69 Å². The molecular weight excluding hydrogens is 282 g/mol. The molecule has 0 spiro atoms. The molecule has 0 unspecified atom stereocenters. The van der Waals surface area contributed by atoms with Gasteiger partial charge in [0.05, 0.1) is 6.10 Å². The van der Waals surface area contributed by atoms with Crippen LogP contribution < -0.4 is 10.1 Å². The molecule has 1 saturated carbocycles. The first-order valence-corrected chi connectivity index (χ1v) is 6.91. The molecule has 0 atom stereocenters. The SMILES string of the molecule is O=C(NC1CCC(O)CC1)c1cccc(OCC(F)F)n1. The van der Waals surface area contributed by atoms with Crippen LogP contribution in [-0.2, 0) is 0 Å². The number of halogens is 2. The van der Waals surface area contributed by atoms with E-state index in [-0.39, 0.29) is 29.6 Å². The number of aliphatic hydroxyl groups excluding tert-OH is 1. The minimum absolute atomic E-state index is 0.00187. The lowest BCUT2D eigenvalue weighted by Gasteiger charge is -2.26. The second kappa shape index (κ2) is 7.31. The molecule has 0 bridgehead atoms. The van der Waals surface area contributed by atoms with E-state index in [0.29, 0.717) is 25.7 Å². The summed E-state index contributed by atoms with van der Waals surface area (Å²) in [4.78, 5) is 16.0. The highest BCUT2D eigenvalue weighted by molar-refractivity contribution is 5.92. The third-order valence-corrected chi connectivity index (χ3v) is 3.35. The maximum Gasteiger partial charge on any atom is 0.272 e. The standard InChI is InChI=1S/C14H18F2N2O3/c15-12(16)8-21-13-3-1-2-11(18-13)14(20)17-9-4-6-10(19)7-5-9/h1-3,9-10,12,19H,4-8H2,(H,17,20). The van der Waals surface area contributed by atoms with E-state index >= 15 is 0 Å². The maximum atomic E-state index is 12.1. The van der Waals surface area contributed by atoms with Crippen LogP contribution in [0.3, 0.4) is 0 Å². The average molecular weight is 300 g/mol. The lowest BCUT2D eigenvalue weighted by molar-refractivity contribution is 0.0789. The van der Waals surface area contributed by atoms with Gasteiger partial charge in [0.25, 0.3) is 12.3 Å². The zero-order valence-electron chi connectivity index (χ0n) is 11.5. The van der Waals surface area contributed by atoms with E-state index in [9.17, 15) is 18.7 Å². The topological polar surface area (TPSA) is 71.5 Å². The number of nitrogens with zero attached hydrogens (tertiary/aromatic N) is 1. The molecule has 21 heavy (non-hydrogen) atoms.